The van der Waals surface area contributed by atoms with Gasteiger partial charge < -0.3 is 25.9 Å². The molecule has 30 heavy (non-hydrogen) atoms. The van der Waals surface area contributed by atoms with E-state index in [4.69, 9.17) is 26.9 Å². The predicted molar refractivity (Wildman–Crippen MR) is 118 cm³/mol. The van der Waals surface area contributed by atoms with Crippen LogP contribution in [0.5, 0.6) is 11.5 Å². The van der Waals surface area contributed by atoms with E-state index in [0.29, 0.717) is 34.0 Å². The first-order valence-corrected chi connectivity index (χ1v) is 10.2. The normalized spacial score (nSPS) is 10.5. The first kappa shape index (κ1) is 21.6. The van der Waals surface area contributed by atoms with Crippen molar-refractivity contribution in [1.29, 1.82) is 0 Å². The van der Waals surface area contributed by atoms with Crippen LogP contribution >= 0.6 is 23.4 Å². The quantitative estimate of drug-likeness (QED) is 0.338. The van der Waals surface area contributed by atoms with Crippen LogP contribution in [0, 0.1) is 0 Å². The van der Waals surface area contributed by atoms with Crippen LogP contribution in [0.25, 0.3) is 0 Å². The summed E-state index contributed by atoms with van der Waals surface area (Å²) in [7, 11) is 3.14. The Labute approximate surface area is 182 Å². The zero-order chi connectivity index (χ0) is 21.5. The highest BCUT2D eigenvalue weighted by atomic mass is 35.5. The molecule has 0 bridgehead atoms. The molecule has 3 aromatic rings. The minimum atomic E-state index is -0.249. The predicted octanol–water partition coefficient (Wildman–Crippen LogP) is 3.01. The van der Waals surface area contributed by atoms with Crippen LogP contribution < -0.4 is 25.9 Å². The van der Waals surface area contributed by atoms with Crippen molar-refractivity contribution in [2.24, 2.45) is 0 Å². The number of benzene rings is 2. The van der Waals surface area contributed by atoms with E-state index < -0.39 is 0 Å². The number of amides is 1. The minimum absolute atomic E-state index is 0.0942. The molecule has 0 atom stereocenters. The highest BCUT2D eigenvalue weighted by Gasteiger charge is 2.14. The summed E-state index contributed by atoms with van der Waals surface area (Å²) in [5.74, 6) is 7.73. The number of halogens is 1. The Morgan fingerprint density at radius 1 is 1.17 bits per heavy atom. The molecule has 3 rings (SSSR count). The largest absolute Gasteiger partial charge is 0.497 e. The summed E-state index contributed by atoms with van der Waals surface area (Å²) in [6.07, 6.45) is 0. The smallest absolute Gasteiger partial charge is 0.234 e. The van der Waals surface area contributed by atoms with Gasteiger partial charge >= 0.3 is 0 Å². The zero-order valence-corrected chi connectivity index (χ0v) is 18.0. The number of ether oxygens (including phenoxy) is 2. The number of carbonyl (C=O) groups is 1. The molecule has 0 saturated heterocycles. The van der Waals surface area contributed by atoms with E-state index in [2.05, 4.69) is 20.8 Å². The van der Waals surface area contributed by atoms with E-state index in [1.54, 1.807) is 25.3 Å². The van der Waals surface area contributed by atoms with E-state index in [0.717, 1.165) is 11.4 Å². The highest BCUT2D eigenvalue weighted by molar-refractivity contribution is 7.99. The summed E-state index contributed by atoms with van der Waals surface area (Å²) in [6.45, 7) is 0.377. The number of nitrogen functional groups attached to an aromatic ring is 1. The van der Waals surface area contributed by atoms with Crippen molar-refractivity contribution >= 4 is 40.6 Å². The number of hydrogen-bond donors (Lipinski definition) is 3. The summed E-state index contributed by atoms with van der Waals surface area (Å²) in [5.41, 5.74) is 1.39. The Balaban J connectivity index is 1.54. The van der Waals surface area contributed by atoms with Gasteiger partial charge in [-0.2, -0.15) is 0 Å². The van der Waals surface area contributed by atoms with Gasteiger partial charge in [-0.05, 0) is 42.5 Å². The van der Waals surface area contributed by atoms with E-state index in [1.807, 2.05) is 24.3 Å². The minimum Gasteiger partial charge on any atom is -0.497 e. The lowest BCUT2D eigenvalue weighted by Crippen LogP contribution is -2.18. The van der Waals surface area contributed by atoms with Gasteiger partial charge in [-0.25, -0.2) is 4.68 Å². The number of nitrogens with two attached hydrogens (primary N) is 1. The fourth-order valence-corrected chi connectivity index (χ4v) is 3.36. The molecular formula is C19H21ClN6O3S. The van der Waals surface area contributed by atoms with Gasteiger partial charge in [0.2, 0.25) is 11.1 Å². The van der Waals surface area contributed by atoms with Crippen molar-refractivity contribution in [1.82, 2.24) is 14.9 Å². The van der Waals surface area contributed by atoms with Crippen molar-refractivity contribution in [3.63, 3.8) is 0 Å². The second-order valence-electron chi connectivity index (χ2n) is 6.03. The van der Waals surface area contributed by atoms with E-state index in [9.17, 15) is 4.79 Å². The van der Waals surface area contributed by atoms with Crippen molar-refractivity contribution in [3.05, 3.63) is 53.3 Å². The molecule has 158 valence electrons. The first-order chi connectivity index (χ1) is 14.5. The molecule has 0 unspecified atom stereocenters. The summed E-state index contributed by atoms with van der Waals surface area (Å²) >= 11 is 7.15. The van der Waals surface area contributed by atoms with Crippen LogP contribution in [-0.4, -0.2) is 40.8 Å². The number of nitrogens with zero attached hydrogens (tertiary/aromatic N) is 3. The van der Waals surface area contributed by atoms with E-state index in [1.165, 1.54) is 23.5 Å². The van der Waals surface area contributed by atoms with Crippen LogP contribution in [0.4, 0.5) is 11.4 Å². The van der Waals surface area contributed by atoms with E-state index >= 15 is 0 Å². The second kappa shape index (κ2) is 10.1. The van der Waals surface area contributed by atoms with Crippen LogP contribution in [0.2, 0.25) is 5.02 Å². The maximum Gasteiger partial charge on any atom is 0.234 e. The average Bonchev–Trinajstić information content (AvgIpc) is 3.10. The molecule has 0 radical (unpaired) electrons. The number of anilines is 2. The number of nitrogens with one attached hydrogen (secondary N) is 2. The third-order valence-corrected chi connectivity index (χ3v) is 5.22. The zero-order valence-electron chi connectivity index (χ0n) is 16.4. The molecule has 2 aromatic carbocycles. The lowest BCUT2D eigenvalue weighted by Gasteiger charge is -2.10. The SMILES string of the molecule is COc1ccc(NCc2nnc(SCC(=O)Nc3cc(Cl)ccc3OC)n2N)cc1. The summed E-state index contributed by atoms with van der Waals surface area (Å²) in [6, 6.07) is 12.5. The van der Waals surface area contributed by atoms with Gasteiger partial charge in [-0.3, -0.25) is 4.79 Å². The molecule has 0 saturated carbocycles. The number of methoxy groups -OCH3 is 2. The molecule has 0 fully saturated rings. The third-order valence-electron chi connectivity index (χ3n) is 4.04. The fraction of sp³-hybridized carbons (Fsp3) is 0.211. The van der Waals surface area contributed by atoms with Crippen LogP contribution in [0.3, 0.4) is 0 Å². The summed E-state index contributed by atoms with van der Waals surface area (Å²) in [4.78, 5) is 12.3. The van der Waals surface area contributed by atoms with Crippen molar-refractivity contribution in [3.8, 4) is 11.5 Å². The molecule has 0 aliphatic rings. The monoisotopic (exact) mass is 448 g/mol. The fourth-order valence-electron chi connectivity index (χ4n) is 2.51. The Morgan fingerprint density at radius 2 is 1.93 bits per heavy atom. The third kappa shape index (κ3) is 5.49. The molecule has 0 aliphatic carbocycles. The van der Waals surface area contributed by atoms with Gasteiger partial charge in [0.1, 0.15) is 11.5 Å². The molecule has 1 heterocycles. The highest BCUT2D eigenvalue weighted by Crippen LogP contribution is 2.28. The molecule has 1 aromatic heterocycles. The Bertz CT molecular complexity index is 1010. The molecule has 0 spiro atoms. The molecule has 0 aliphatic heterocycles. The van der Waals surface area contributed by atoms with Gasteiger partial charge in [0, 0.05) is 10.7 Å². The topological polar surface area (TPSA) is 116 Å². The first-order valence-electron chi connectivity index (χ1n) is 8.83. The Kier molecular flexibility index (Phi) is 7.26. The van der Waals surface area contributed by atoms with Gasteiger partial charge in [0.25, 0.3) is 0 Å². The lowest BCUT2D eigenvalue weighted by atomic mass is 10.3. The number of rotatable bonds is 9. The van der Waals surface area contributed by atoms with Crippen LogP contribution in [-0.2, 0) is 11.3 Å². The van der Waals surface area contributed by atoms with Crippen LogP contribution in [0.15, 0.2) is 47.6 Å². The van der Waals surface area contributed by atoms with Gasteiger partial charge in [-0.15, -0.1) is 10.2 Å². The molecule has 9 nitrogen and oxygen atoms in total. The summed E-state index contributed by atoms with van der Waals surface area (Å²) < 4.78 is 11.7. The average molecular weight is 449 g/mol. The Morgan fingerprint density at radius 3 is 2.63 bits per heavy atom. The second-order valence-corrected chi connectivity index (χ2v) is 7.41. The maximum atomic E-state index is 12.3. The van der Waals surface area contributed by atoms with Gasteiger partial charge in [0.05, 0.1) is 32.2 Å². The number of aromatic nitrogens is 3. The van der Waals surface area contributed by atoms with Crippen LogP contribution in [0.1, 0.15) is 5.82 Å². The molecule has 4 N–H and O–H groups in total. The van der Waals surface area contributed by atoms with E-state index in [-0.39, 0.29) is 11.7 Å². The molecule has 11 heteroatoms. The van der Waals surface area contributed by atoms with Gasteiger partial charge in [0.15, 0.2) is 5.82 Å². The Hall–Kier alpha value is -3.11. The van der Waals surface area contributed by atoms with Gasteiger partial charge in [-0.1, -0.05) is 23.4 Å². The maximum absolute atomic E-state index is 12.3. The number of thioether (sulfide) groups is 1. The van der Waals surface area contributed by atoms with Crippen molar-refractivity contribution in [2.75, 3.05) is 36.4 Å². The van der Waals surface area contributed by atoms with Crippen molar-refractivity contribution in [2.45, 2.75) is 11.7 Å². The number of hydrogen-bond acceptors (Lipinski definition) is 8. The lowest BCUT2D eigenvalue weighted by molar-refractivity contribution is -0.113. The molecular weight excluding hydrogens is 428 g/mol. The standard InChI is InChI=1S/C19H21ClN6O3S/c1-28-14-6-4-13(5-7-14)22-10-17-24-25-19(26(17)21)30-11-18(27)23-15-9-12(20)3-8-16(15)29-2/h3-9,22H,10-11,21H2,1-2H3,(H,23,27). The molecule has 1 amide bonds. The summed E-state index contributed by atoms with van der Waals surface area (Å²) in [5, 5.41) is 15.0. The van der Waals surface area contributed by atoms with Crippen molar-refractivity contribution < 1.29 is 14.3 Å². The number of carbonyl (C=O) groups excluding carboxylic acids is 1.